The van der Waals surface area contributed by atoms with Crippen LogP contribution in [0.1, 0.15) is 32.6 Å². The van der Waals surface area contributed by atoms with Crippen molar-refractivity contribution < 1.29 is 5.11 Å². The molecule has 0 aliphatic heterocycles. The third-order valence-corrected chi connectivity index (χ3v) is 3.26. The molecule has 2 aliphatic rings. The Balaban J connectivity index is 1.87. The molecule has 1 heteroatoms. The molecule has 1 N–H and O–H groups in total. The molecule has 2 unspecified atom stereocenters. The van der Waals surface area contributed by atoms with Crippen molar-refractivity contribution in [3.8, 4) is 0 Å². The van der Waals surface area contributed by atoms with Crippen molar-refractivity contribution in [2.45, 2.75) is 38.7 Å². The zero-order valence-corrected chi connectivity index (χ0v) is 6.59. The molecule has 0 aromatic heterocycles. The Kier molecular flexibility index (Phi) is 1.48. The Labute approximate surface area is 62.4 Å². The molecule has 2 saturated carbocycles. The van der Waals surface area contributed by atoms with E-state index in [9.17, 15) is 5.11 Å². The number of fused-ring (bicyclic) bond motifs is 1. The molecular weight excluding hydrogens is 124 g/mol. The summed E-state index contributed by atoms with van der Waals surface area (Å²) in [4.78, 5) is 0. The van der Waals surface area contributed by atoms with Gasteiger partial charge < -0.3 is 5.11 Å². The predicted molar refractivity (Wildman–Crippen MR) is 40.6 cm³/mol. The molecule has 4 atom stereocenters. The number of rotatable bonds is 2. The highest BCUT2D eigenvalue weighted by atomic mass is 16.3. The van der Waals surface area contributed by atoms with Gasteiger partial charge in [0.2, 0.25) is 0 Å². The summed E-state index contributed by atoms with van der Waals surface area (Å²) in [6.45, 7) is 2.24. The van der Waals surface area contributed by atoms with E-state index in [-0.39, 0.29) is 6.10 Å². The van der Waals surface area contributed by atoms with Crippen molar-refractivity contribution in [2.24, 2.45) is 17.8 Å². The van der Waals surface area contributed by atoms with Gasteiger partial charge in [0.05, 0.1) is 6.10 Å². The highest BCUT2D eigenvalue weighted by Gasteiger charge is 2.56. The van der Waals surface area contributed by atoms with Gasteiger partial charge in [-0.05, 0) is 30.6 Å². The summed E-state index contributed by atoms with van der Waals surface area (Å²) in [6.07, 6.45) is 5.10. The van der Waals surface area contributed by atoms with Crippen molar-refractivity contribution in [1.29, 1.82) is 0 Å². The summed E-state index contributed by atoms with van der Waals surface area (Å²) in [5, 5.41) is 9.44. The Morgan fingerprint density at radius 2 is 2.20 bits per heavy atom. The molecule has 0 amide bonds. The lowest BCUT2D eigenvalue weighted by Crippen LogP contribution is -2.06. The van der Waals surface area contributed by atoms with Crippen molar-refractivity contribution in [2.75, 3.05) is 0 Å². The van der Waals surface area contributed by atoms with E-state index in [4.69, 9.17) is 0 Å². The van der Waals surface area contributed by atoms with E-state index in [0.717, 1.165) is 24.2 Å². The molecule has 10 heavy (non-hydrogen) atoms. The molecule has 58 valence electrons. The molecule has 0 radical (unpaired) electrons. The van der Waals surface area contributed by atoms with Crippen molar-refractivity contribution >= 4 is 0 Å². The largest absolute Gasteiger partial charge is 0.393 e. The van der Waals surface area contributed by atoms with Crippen LogP contribution in [0.5, 0.6) is 0 Å². The van der Waals surface area contributed by atoms with Gasteiger partial charge >= 0.3 is 0 Å². The van der Waals surface area contributed by atoms with Crippen LogP contribution < -0.4 is 0 Å². The fourth-order valence-corrected chi connectivity index (χ4v) is 2.75. The van der Waals surface area contributed by atoms with E-state index in [1.807, 2.05) is 0 Å². The van der Waals surface area contributed by atoms with Gasteiger partial charge in [0, 0.05) is 0 Å². The first-order valence-corrected chi connectivity index (χ1v) is 4.52. The average Bonchev–Trinajstić information content (AvgIpc) is 2.45. The minimum absolute atomic E-state index is 0.0709. The number of aliphatic hydroxyl groups is 1. The fourth-order valence-electron chi connectivity index (χ4n) is 2.75. The summed E-state index contributed by atoms with van der Waals surface area (Å²) in [5.74, 6) is 2.56. The zero-order valence-electron chi connectivity index (χ0n) is 6.59. The van der Waals surface area contributed by atoms with Gasteiger partial charge in [0.15, 0.2) is 0 Å². The molecule has 2 rings (SSSR count). The summed E-state index contributed by atoms with van der Waals surface area (Å²) in [5.41, 5.74) is 0. The van der Waals surface area contributed by atoms with Gasteiger partial charge in [-0.2, -0.15) is 0 Å². The summed E-state index contributed by atoms with van der Waals surface area (Å²) < 4.78 is 0. The smallest absolute Gasteiger partial charge is 0.0574 e. The molecule has 0 heterocycles. The summed E-state index contributed by atoms with van der Waals surface area (Å²) in [6, 6.07) is 0. The van der Waals surface area contributed by atoms with Crippen molar-refractivity contribution in [3.05, 3.63) is 0 Å². The third-order valence-electron chi connectivity index (χ3n) is 3.26. The molecule has 2 fully saturated rings. The van der Waals surface area contributed by atoms with E-state index in [1.54, 1.807) is 0 Å². The lowest BCUT2D eigenvalue weighted by Gasteiger charge is -2.05. The second-order valence-electron chi connectivity index (χ2n) is 3.84. The average molecular weight is 140 g/mol. The quantitative estimate of drug-likeness (QED) is 0.620. The molecule has 0 bridgehead atoms. The predicted octanol–water partition coefficient (Wildman–Crippen LogP) is 1.80. The van der Waals surface area contributed by atoms with Crippen LogP contribution in [0, 0.1) is 17.8 Å². The van der Waals surface area contributed by atoms with Gasteiger partial charge in [0.25, 0.3) is 0 Å². The van der Waals surface area contributed by atoms with Gasteiger partial charge in [-0.15, -0.1) is 0 Å². The van der Waals surface area contributed by atoms with Crippen LogP contribution >= 0.6 is 0 Å². The molecule has 1 nitrogen and oxygen atoms in total. The Morgan fingerprint density at radius 1 is 1.40 bits per heavy atom. The van der Waals surface area contributed by atoms with E-state index in [1.165, 1.54) is 19.3 Å². The minimum atomic E-state index is 0.0709. The molecule has 0 saturated heterocycles. The molecule has 0 spiro atoms. The Bertz CT molecular complexity index is 133. The Hall–Kier alpha value is -0.0400. The lowest BCUT2D eigenvalue weighted by atomic mass is 10.1. The van der Waals surface area contributed by atoms with Crippen molar-refractivity contribution in [1.82, 2.24) is 0 Å². The molecule has 2 aliphatic carbocycles. The van der Waals surface area contributed by atoms with Gasteiger partial charge in [-0.1, -0.05) is 19.8 Å². The number of aliphatic hydroxyl groups excluding tert-OH is 1. The molecule has 0 aromatic rings. The molecule has 0 aromatic carbocycles. The zero-order chi connectivity index (χ0) is 7.14. The SMILES string of the molecule is CCCC1[C@H]2C(O)CC[C@@H]12. The van der Waals surface area contributed by atoms with Crippen LogP contribution in [0.15, 0.2) is 0 Å². The lowest BCUT2D eigenvalue weighted by molar-refractivity contribution is 0.149. The monoisotopic (exact) mass is 140 g/mol. The normalized spacial score (nSPS) is 51.0. The fraction of sp³-hybridized carbons (Fsp3) is 1.00. The second kappa shape index (κ2) is 2.23. The van der Waals surface area contributed by atoms with Gasteiger partial charge in [0.1, 0.15) is 0 Å². The highest BCUT2D eigenvalue weighted by Crippen LogP contribution is 2.59. The van der Waals surface area contributed by atoms with Gasteiger partial charge in [-0.3, -0.25) is 0 Å². The Morgan fingerprint density at radius 3 is 2.70 bits per heavy atom. The first-order chi connectivity index (χ1) is 4.84. The van der Waals surface area contributed by atoms with E-state index >= 15 is 0 Å². The highest BCUT2D eigenvalue weighted by molar-refractivity contribution is 5.05. The van der Waals surface area contributed by atoms with Crippen LogP contribution in [-0.4, -0.2) is 11.2 Å². The van der Waals surface area contributed by atoms with Crippen LogP contribution in [-0.2, 0) is 0 Å². The van der Waals surface area contributed by atoms with E-state index in [0.29, 0.717) is 0 Å². The van der Waals surface area contributed by atoms with Crippen LogP contribution in [0.3, 0.4) is 0 Å². The topological polar surface area (TPSA) is 20.2 Å². The molecular formula is C9H16O. The van der Waals surface area contributed by atoms with E-state index in [2.05, 4.69) is 6.92 Å². The summed E-state index contributed by atoms with van der Waals surface area (Å²) in [7, 11) is 0. The minimum Gasteiger partial charge on any atom is -0.393 e. The van der Waals surface area contributed by atoms with Crippen LogP contribution in [0.2, 0.25) is 0 Å². The third kappa shape index (κ3) is 0.800. The summed E-state index contributed by atoms with van der Waals surface area (Å²) >= 11 is 0. The number of hydrogen-bond acceptors (Lipinski definition) is 1. The van der Waals surface area contributed by atoms with Gasteiger partial charge in [-0.25, -0.2) is 0 Å². The van der Waals surface area contributed by atoms with Crippen LogP contribution in [0.25, 0.3) is 0 Å². The maximum absolute atomic E-state index is 9.44. The maximum atomic E-state index is 9.44. The standard InChI is InChI=1S/C9H16O/c1-2-3-6-7-4-5-8(10)9(6)7/h6-10H,2-5H2,1H3/t6?,7-,8?,9+/m0/s1. The van der Waals surface area contributed by atoms with Crippen LogP contribution in [0.4, 0.5) is 0 Å². The second-order valence-corrected chi connectivity index (χ2v) is 3.84. The maximum Gasteiger partial charge on any atom is 0.0574 e. The first-order valence-electron chi connectivity index (χ1n) is 4.52. The first kappa shape index (κ1) is 6.66. The van der Waals surface area contributed by atoms with E-state index < -0.39 is 0 Å². The number of hydrogen-bond donors (Lipinski definition) is 1. The van der Waals surface area contributed by atoms with Crippen molar-refractivity contribution in [3.63, 3.8) is 0 Å².